The van der Waals surface area contributed by atoms with Gasteiger partial charge in [0.1, 0.15) is 0 Å². The van der Waals surface area contributed by atoms with Crippen molar-refractivity contribution in [3.63, 3.8) is 0 Å². The van der Waals surface area contributed by atoms with Crippen molar-refractivity contribution in [2.75, 3.05) is 59.7 Å². The SMILES string of the molecule is COC[C@@H](O)CN1CCCC[C@H]1CN1CCOCC1. The Kier molecular flexibility index (Phi) is 6.53. The molecule has 19 heavy (non-hydrogen) atoms. The first-order valence-electron chi connectivity index (χ1n) is 7.50. The lowest BCUT2D eigenvalue weighted by Crippen LogP contribution is -2.51. The highest BCUT2D eigenvalue weighted by Gasteiger charge is 2.26. The van der Waals surface area contributed by atoms with E-state index < -0.39 is 0 Å². The average Bonchev–Trinajstić information content (AvgIpc) is 2.42. The number of piperidine rings is 1. The minimum atomic E-state index is -0.365. The fraction of sp³-hybridized carbons (Fsp3) is 1.00. The predicted molar refractivity (Wildman–Crippen MR) is 74.4 cm³/mol. The number of aliphatic hydroxyl groups excluding tert-OH is 1. The van der Waals surface area contributed by atoms with E-state index in [0.717, 1.165) is 45.9 Å². The number of aliphatic hydroxyl groups is 1. The summed E-state index contributed by atoms with van der Waals surface area (Å²) < 4.78 is 10.4. The highest BCUT2D eigenvalue weighted by atomic mass is 16.5. The van der Waals surface area contributed by atoms with Gasteiger partial charge in [-0.05, 0) is 19.4 Å². The second-order valence-electron chi connectivity index (χ2n) is 5.67. The maximum Gasteiger partial charge on any atom is 0.0900 e. The Balaban J connectivity index is 1.80. The third kappa shape index (κ3) is 5.00. The van der Waals surface area contributed by atoms with Gasteiger partial charge in [-0.2, -0.15) is 0 Å². The third-order valence-electron chi connectivity index (χ3n) is 4.13. The molecule has 0 aromatic rings. The molecule has 0 amide bonds. The van der Waals surface area contributed by atoms with Crippen LogP contribution in [-0.4, -0.2) is 86.7 Å². The molecule has 5 nitrogen and oxygen atoms in total. The Morgan fingerprint density at radius 3 is 2.79 bits per heavy atom. The highest BCUT2D eigenvalue weighted by Crippen LogP contribution is 2.18. The molecule has 2 fully saturated rings. The lowest BCUT2D eigenvalue weighted by molar-refractivity contribution is -0.00616. The lowest BCUT2D eigenvalue weighted by Gasteiger charge is -2.40. The maximum atomic E-state index is 9.92. The van der Waals surface area contributed by atoms with Gasteiger partial charge in [0.05, 0.1) is 25.9 Å². The van der Waals surface area contributed by atoms with Gasteiger partial charge < -0.3 is 14.6 Å². The highest BCUT2D eigenvalue weighted by molar-refractivity contribution is 4.82. The summed E-state index contributed by atoms with van der Waals surface area (Å²) in [5.74, 6) is 0. The third-order valence-corrected chi connectivity index (χ3v) is 4.13. The fourth-order valence-corrected chi connectivity index (χ4v) is 3.10. The van der Waals surface area contributed by atoms with Crippen LogP contribution in [0.2, 0.25) is 0 Å². The average molecular weight is 272 g/mol. The Hall–Kier alpha value is -0.200. The number of likely N-dealkylation sites (tertiary alicyclic amines) is 1. The predicted octanol–water partition coefficient (Wildman–Crippen LogP) is 0.180. The number of morpholine rings is 1. The molecule has 2 atom stereocenters. The molecule has 0 saturated carbocycles. The van der Waals surface area contributed by atoms with Crippen LogP contribution < -0.4 is 0 Å². The molecule has 0 aliphatic carbocycles. The molecule has 2 aliphatic heterocycles. The maximum absolute atomic E-state index is 9.92. The molecule has 5 heteroatoms. The van der Waals surface area contributed by atoms with E-state index in [1.54, 1.807) is 7.11 Å². The van der Waals surface area contributed by atoms with Gasteiger partial charge in [0.25, 0.3) is 0 Å². The largest absolute Gasteiger partial charge is 0.389 e. The van der Waals surface area contributed by atoms with Gasteiger partial charge in [0.2, 0.25) is 0 Å². The van der Waals surface area contributed by atoms with Crippen LogP contribution in [-0.2, 0) is 9.47 Å². The van der Waals surface area contributed by atoms with Crippen LogP contribution in [0.3, 0.4) is 0 Å². The van der Waals surface area contributed by atoms with Gasteiger partial charge in [0, 0.05) is 39.3 Å². The Bertz CT molecular complexity index is 247. The summed E-state index contributed by atoms with van der Waals surface area (Å²) in [6, 6.07) is 0.582. The number of ether oxygens (including phenoxy) is 2. The quantitative estimate of drug-likeness (QED) is 0.747. The Morgan fingerprint density at radius 2 is 2.05 bits per heavy atom. The molecule has 2 aliphatic rings. The van der Waals surface area contributed by atoms with Crippen molar-refractivity contribution in [2.45, 2.75) is 31.4 Å². The smallest absolute Gasteiger partial charge is 0.0900 e. The summed E-state index contributed by atoms with van der Waals surface area (Å²) in [6.07, 6.45) is 3.44. The Morgan fingerprint density at radius 1 is 1.26 bits per heavy atom. The molecule has 2 rings (SSSR count). The van der Waals surface area contributed by atoms with Crippen LogP contribution in [0.1, 0.15) is 19.3 Å². The first-order valence-corrected chi connectivity index (χ1v) is 7.50. The van der Waals surface area contributed by atoms with Gasteiger partial charge in [-0.3, -0.25) is 9.80 Å². The standard InChI is InChI=1S/C14H28N2O3/c1-18-12-14(17)11-16-5-3-2-4-13(16)10-15-6-8-19-9-7-15/h13-14,17H,2-12H2,1H3/t13-,14-/m0/s1. The molecule has 0 aromatic heterocycles. The zero-order valence-corrected chi connectivity index (χ0v) is 12.1. The minimum absolute atomic E-state index is 0.365. The normalized spacial score (nSPS) is 28.4. The molecule has 0 aromatic carbocycles. The van der Waals surface area contributed by atoms with Crippen molar-refractivity contribution < 1.29 is 14.6 Å². The molecular formula is C14H28N2O3. The molecule has 2 heterocycles. The van der Waals surface area contributed by atoms with E-state index in [2.05, 4.69) is 9.80 Å². The second-order valence-corrected chi connectivity index (χ2v) is 5.67. The van der Waals surface area contributed by atoms with Crippen molar-refractivity contribution >= 4 is 0 Å². The summed E-state index contributed by atoms with van der Waals surface area (Å²) in [6.45, 7) is 7.20. The van der Waals surface area contributed by atoms with Gasteiger partial charge >= 0.3 is 0 Å². The van der Waals surface area contributed by atoms with Crippen LogP contribution >= 0.6 is 0 Å². The number of rotatable bonds is 6. The second kappa shape index (κ2) is 8.17. The summed E-state index contributed by atoms with van der Waals surface area (Å²) in [4.78, 5) is 4.94. The first kappa shape index (κ1) is 15.2. The van der Waals surface area contributed by atoms with Gasteiger partial charge in [-0.25, -0.2) is 0 Å². The van der Waals surface area contributed by atoms with Crippen molar-refractivity contribution in [2.24, 2.45) is 0 Å². The number of methoxy groups -OCH3 is 1. The van der Waals surface area contributed by atoms with Crippen molar-refractivity contribution in [1.82, 2.24) is 9.80 Å². The van der Waals surface area contributed by atoms with E-state index in [0.29, 0.717) is 12.6 Å². The molecule has 0 bridgehead atoms. The van der Waals surface area contributed by atoms with Crippen LogP contribution in [0.15, 0.2) is 0 Å². The number of β-amino-alcohol motifs (C(OH)–C–C–N with tert-alkyl or cyclic N) is 1. The number of hydrogen-bond acceptors (Lipinski definition) is 5. The molecule has 2 saturated heterocycles. The Labute approximate surface area is 116 Å². The monoisotopic (exact) mass is 272 g/mol. The van der Waals surface area contributed by atoms with Crippen molar-refractivity contribution in [3.8, 4) is 0 Å². The minimum Gasteiger partial charge on any atom is -0.389 e. The number of nitrogens with zero attached hydrogens (tertiary/aromatic N) is 2. The van der Waals surface area contributed by atoms with Crippen LogP contribution in [0.4, 0.5) is 0 Å². The van der Waals surface area contributed by atoms with Crippen LogP contribution in [0, 0.1) is 0 Å². The van der Waals surface area contributed by atoms with E-state index in [-0.39, 0.29) is 6.10 Å². The molecule has 112 valence electrons. The van der Waals surface area contributed by atoms with Gasteiger partial charge in [0.15, 0.2) is 0 Å². The van der Waals surface area contributed by atoms with E-state index in [1.807, 2.05) is 0 Å². The van der Waals surface area contributed by atoms with E-state index in [9.17, 15) is 5.11 Å². The zero-order valence-electron chi connectivity index (χ0n) is 12.1. The molecule has 0 unspecified atom stereocenters. The summed E-state index contributed by atoms with van der Waals surface area (Å²) in [5, 5.41) is 9.92. The fourth-order valence-electron chi connectivity index (χ4n) is 3.10. The molecule has 0 radical (unpaired) electrons. The lowest BCUT2D eigenvalue weighted by atomic mass is 10.0. The van der Waals surface area contributed by atoms with E-state index >= 15 is 0 Å². The number of hydrogen-bond donors (Lipinski definition) is 1. The summed E-state index contributed by atoms with van der Waals surface area (Å²) in [7, 11) is 1.64. The van der Waals surface area contributed by atoms with Crippen molar-refractivity contribution in [3.05, 3.63) is 0 Å². The van der Waals surface area contributed by atoms with Crippen LogP contribution in [0.25, 0.3) is 0 Å². The molecular weight excluding hydrogens is 244 g/mol. The summed E-state index contributed by atoms with van der Waals surface area (Å²) >= 11 is 0. The topological polar surface area (TPSA) is 45.2 Å². The van der Waals surface area contributed by atoms with Crippen LogP contribution in [0.5, 0.6) is 0 Å². The zero-order chi connectivity index (χ0) is 13.5. The van der Waals surface area contributed by atoms with Gasteiger partial charge in [-0.15, -0.1) is 0 Å². The molecule has 1 N–H and O–H groups in total. The summed E-state index contributed by atoms with van der Waals surface area (Å²) in [5.41, 5.74) is 0. The first-order chi connectivity index (χ1) is 9.29. The van der Waals surface area contributed by atoms with E-state index in [1.165, 1.54) is 19.3 Å². The van der Waals surface area contributed by atoms with Gasteiger partial charge in [-0.1, -0.05) is 6.42 Å². The molecule has 0 spiro atoms. The van der Waals surface area contributed by atoms with E-state index in [4.69, 9.17) is 9.47 Å². The van der Waals surface area contributed by atoms with Crippen molar-refractivity contribution in [1.29, 1.82) is 0 Å².